The highest BCUT2D eigenvalue weighted by molar-refractivity contribution is 7.80. The van der Waals surface area contributed by atoms with Crippen LogP contribution in [0, 0.1) is 11.3 Å². The lowest BCUT2D eigenvalue weighted by Crippen LogP contribution is -2.45. The van der Waals surface area contributed by atoms with Gasteiger partial charge in [0.2, 0.25) is 5.91 Å². The van der Waals surface area contributed by atoms with Crippen LogP contribution in [0.2, 0.25) is 0 Å². The van der Waals surface area contributed by atoms with Crippen molar-refractivity contribution in [2.45, 2.75) is 34.6 Å². The molecular weight excluding hydrogens is 196 g/mol. The molecule has 0 saturated carbocycles. The van der Waals surface area contributed by atoms with E-state index < -0.39 is 5.41 Å². The average molecular weight is 216 g/mol. The molecule has 82 valence electrons. The monoisotopic (exact) mass is 216 g/mol. The van der Waals surface area contributed by atoms with Crippen molar-refractivity contribution in [2.75, 3.05) is 6.54 Å². The van der Waals surface area contributed by atoms with Crippen LogP contribution in [-0.4, -0.2) is 17.6 Å². The van der Waals surface area contributed by atoms with Crippen molar-refractivity contribution in [3.05, 3.63) is 0 Å². The van der Waals surface area contributed by atoms with E-state index in [1.807, 2.05) is 20.8 Å². The first-order valence-electron chi connectivity index (χ1n) is 4.82. The van der Waals surface area contributed by atoms with E-state index in [0.29, 0.717) is 11.0 Å². The van der Waals surface area contributed by atoms with E-state index in [0.717, 1.165) is 6.54 Å². The number of thiocarbonyl (C=S) groups is 1. The summed E-state index contributed by atoms with van der Waals surface area (Å²) in [5, 5.41) is 6.06. The lowest BCUT2D eigenvalue weighted by atomic mass is 9.96. The number of hydrogen-bond acceptors (Lipinski definition) is 2. The second-order valence-corrected chi connectivity index (χ2v) is 5.22. The SMILES string of the molecule is CC(C)CNC(=S)NC(=O)C(C)(C)C. The average Bonchev–Trinajstić information content (AvgIpc) is 1.99. The fraction of sp³-hybridized carbons (Fsp3) is 0.800. The summed E-state index contributed by atoms with van der Waals surface area (Å²) in [4.78, 5) is 11.5. The van der Waals surface area contributed by atoms with Gasteiger partial charge in [-0.05, 0) is 18.1 Å². The normalized spacial score (nSPS) is 11.3. The second kappa shape index (κ2) is 5.29. The summed E-state index contributed by atoms with van der Waals surface area (Å²) in [6.07, 6.45) is 0. The van der Waals surface area contributed by atoms with E-state index in [2.05, 4.69) is 24.5 Å². The van der Waals surface area contributed by atoms with Crippen molar-refractivity contribution in [1.82, 2.24) is 10.6 Å². The van der Waals surface area contributed by atoms with Crippen LogP contribution < -0.4 is 10.6 Å². The maximum Gasteiger partial charge on any atom is 0.231 e. The standard InChI is InChI=1S/C10H20N2OS/c1-7(2)6-11-9(14)12-8(13)10(3,4)5/h7H,6H2,1-5H3,(H2,11,12,13,14). The van der Waals surface area contributed by atoms with Crippen LogP contribution in [0.25, 0.3) is 0 Å². The van der Waals surface area contributed by atoms with Crippen LogP contribution in [0.3, 0.4) is 0 Å². The Hall–Kier alpha value is -0.640. The largest absolute Gasteiger partial charge is 0.362 e. The molecule has 0 aromatic heterocycles. The lowest BCUT2D eigenvalue weighted by Gasteiger charge is -2.19. The molecule has 0 fully saturated rings. The number of amides is 1. The smallest absolute Gasteiger partial charge is 0.231 e. The van der Waals surface area contributed by atoms with E-state index >= 15 is 0 Å². The molecule has 0 aromatic carbocycles. The molecule has 0 aromatic rings. The van der Waals surface area contributed by atoms with Crippen LogP contribution in [0.1, 0.15) is 34.6 Å². The highest BCUT2D eigenvalue weighted by Crippen LogP contribution is 2.11. The molecule has 3 nitrogen and oxygen atoms in total. The van der Waals surface area contributed by atoms with Crippen LogP contribution in [0.15, 0.2) is 0 Å². The lowest BCUT2D eigenvalue weighted by molar-refractivity contribution is -0.126. The predicted octanol–water partition coefficient (Wildman–Crippen LogP) is 1.68. The van der Waals surface area contributed by atoms with E-state index in [9.17, 15) is 4.79 Å². The van der Waals surface area contributed by atoms with Gasteiger partial charge in [-0.2, -0.15) is 0 Å². The van der Waals surface area contributed by atoms with Gasteiger partial charge >= 0.3 is 0 Å². The Morgan fingerprint density at radius 2 is 1.86 bits per heavy atom. The molecule has 14 heavy (non-hydrogen) atoms. The Bertz CT molecular complexity index is 219. The van der Waals surface area contributed by atoms with Crippen molar-refractivity contribution in [2.24, 2.45) is 11.3 Å². The first-order valence-corrected chi connectivity index (χ1v) is 5.23. The molecule has 0 aliphatic heterocycles. The summed E-state index contributed by atoms with van der Waals surface area (Å²) in [7, 11) is 0. The van der Waals surface area contributed by atoms with Gasteiger partial charge in [0.1, 0.15) is 0 Å². The summed E-state index contributed by atoms with van der Waals surface area (Å²) < 4.78 is 0. The fourth-order valence-corrected chi connectivity index (χ4v) is 0.808. The molecule has 1 amide bonds. The molecule has 0 saturated heterocycles. The van der Waals surface area contributed by atoms with Crippen molar-refractivity contribution < 1.29 is 4.79 Å². The molecule has 0 radical (unpaired) electrons. The third-order valence-corrected chi connectivity index (χ3v) is 1.83. The number of nitrogens with one attached hydrogen (secondary N) is 2. The van der Waals surface area contributed by atoms with Gasteiger partial charge in [0.05, 0.1) is 0 Å². The van der Waals surface area contributed by atoms with Crippen LogP contribution in [-0.2, 0) is 4.79 Å². The zero-order valence-corrected chi connectivity index (χ0v) is 10.4. The van der Waals surface area contributed by atoms with Gasteiger partial charge in [-0.1, -0.05) is 34.6 Å². The number of rotatable bonds is 2. The summed E-state index contributed by atoms with van der Waals surface area (Å²) >= 11 is 4.97. The van der Waals surface area contributed by atoms with Crippen molar-refractivity contribution in [3.8, 4) is 0 Å². The maximum atomic E-state index is 11.5. The topological polar surface area (TPSA) is 41.1 Å². The number of hydrogen-bond donors (Lipinski definition) is 2. The van der Waals surface area contributed by atoms with Gasteiger partial charge < -0.3 is 10.6 Å². The van der Waals surface area contributed by atoms with Crippen LogP contribution in [0.5, 0.6) is 0 Å². The molecule has 4 heteroatoms. The molecule has 0 aliphatic carbocycles. The zero-order chi connectivity index (χ0) is 11.4. The molecule has 0 aliphatic rings. The van der Waals surface area contributed by atoms with E-state index in [1.165, 1.54) is 0 Å². The molecule has 2 N–H and O–H groups in total. The van der Waals surface area contributed by atoms with E-state index in [4.69, 9.17) is 12.2 Å². The van der Waals surface area contributed by atoms with Gasteiger partial charge in [-0.15, -0.1) is 0 Å². The Labute approximate surface area is 91.6 Å². The van der Waals surface area contributed by atoms with Gasteiger partial charge in [-0.25, -0.2) is 0 Å². The third kappa shape index (κ3) is 5.91. The number of carbonyl (C=O) groups excluding carboxylic acids is 1. The Morgan fingerprint density at radius 3 is 2.21 bits per heavy atom. The zero-order valence-electron chi connectivity index (χ0n) is 9.60. The van der Waals surface area contributed by atoms with Gasteiger partial charge in [0.25, 0.3) is 0 Å². The summed E-state index contributed by atoms with van der Waals surface area (Å²) in [6.45, 7) is 10.5. The summed E-state index contributed by atoms with van der Waals surface area (Å²) in [6, 6.07) is 0. The molecule has 0 bridgehead atoms. The number of carbonyl (C=O) groups is 1. The van der Waals surface area contributed by atoms with Crippen molar-refractivity contribution in [1.29, 1.82) is 0 Å². The third-order valence-electron chi connectivity index (χ3n) is 1.58. The quantitative estimate of drug-likeness (QED) is 0.690. The molecule has 0 spiro atoms. The predicted molar refractivity (Wildman–Crippen MR) is 63.0 cm³/mol. The molecular formula is C10H20N2OS. The highest BCUT2D eigenvalue weighted by Gasteiger charge is 2.21. The molecule has 0 rings (SSSR count). The first-order chi connectivity index (χ1) is 6.23. The van der Waals surface area contributed by atoms with Crippen molar-refractivity contribution in [3.63, 3.8) is 0 Å². The van der Waals surface area contributed by atoms with Crippen LogP contribution >= 0.6 is 12.2 Å². The van der Waals surface area contributed by atoms with Gasteiger partial charge in [-0.3, -0.25) is 4.79 Å². The van der Waals surface area contributed by atoms with E-state index in [-0.39, 0.29) is 5.91 Å². The Kier molecular flexibility index (Phi) is 5.05. The second-order valence-electron chi connectivity index (χ2n) is 4.81. The minimum atomic E-state index is -0.399. The van der Waals surface area contributed by atoms with Crippen LogP contribution in [0.4, 0.5) is 0 Å². The fourth-order valence-electron chi connectivity index (χ4n) is 0.632. The van der Waals surface area contributed by atoms with Crippen molar-refractivity contribution >= 4 is 23.2 Å². The Morgan fingerprint density at radius 1 is 1.36 bits per heavy atom. The van der Waals surface area contributed by atoms with E-state index in [1.54, 1.807) is 0 Å². The highest BCUT2D eigenvalue weighted by atomic mass is 32.1. The summed E-state index contributed by atoms with van der Waals surface area (Å²) in [5.74, 6) is 0.457. The molecule has 0 atom stereocenters. The van der Waals surface area contributed by atoms with Gasteiger partial charge in [0, 0.05) is 12.0 Å². The van der Waals surface area contributed by atoms with Gasteiger partial charge in [0.15, 0.2) is 5.11 Å². The molecule has 0 unspecified atom stereocenters. The molecule has 0 heterocycles. The Balaban J connectivity index is 3.90. The first kappa shape index (κ1) is 13.4. The summed E-state index contributed by atoms with van der Waals surface area (Å²) in [5.41, 5.74) is -0.399. The minimum absolute atomic E-state index is 0.0567. The maximum absolute atomic E-state index is 11.5. The minimum Gasteiger partial charge on any atom is -0.362 e.